The van der Waals surface area contributed by atoms with Crippen molar-refractivity contribution in [3.8, 4) is 0 Å². The van der Waals surface area contributed by atoms with Gasteiger partial charge >= 0.3 is 0 Å². The van der Waals surface area contributed by atoms with E-state index in [2.05, 4.69) is 44.0 Å². The second-order valence-electron chi connectivity index (χ2n) is 4.95. The second kappa shape index (κ2) is 7.65. The van der Waals surface area contributed by atoms with Gasteiger partial charge in [0.05, 0.1) is 0 Å². The Morgan fingerprint density at radius 1 is 1.28 bits per heavy atom. The Morgan fingerprint density at radius 2 is 2.00 bits per heavy atom. The molecule has 0 aliphatic rings. The summed E-state index contributed by atoms with van der Waals surface area (Å²) in [5.74, 6) is 0.649. The maximum Gasteiger partial charge on any atom is 0.0471 e. The van der Waals surface area contributed by atoms with Crippen LogP contribution in [0, 0.1) is 5.92 Å². The molecular weight excluding hydrogens is 244 g/mol. The van der Waals surface area contributed by atoms with E-state index in [4.69, 9.17) is 11.6 Å². The van der Waals surface area contributed by atoms with Gasteiger partial charge in [-0.1, -0.05) is 38.4 Å². The van der Waals surface area contributed by atoms with Gasteiger partial charge in [-0.25, -0.2) is 0 Å². The first-order valence-corrected chi connectivity index (χ1v) is 7.20. The lowest BCUT2D eigenvalue weighted by Crippen LogP contribution is -2.29. The molecule has 0 aliphatic heterocycles. The molecule has 0 fully saturated rings. The predicted octanol–water partition coefficient (Wildman–Crippen LogP) is 3.93. The molecule has 102 valence electrons. The first-order valence-electron chi connectivity index (χ1n) is 6.83. The van der Waals surface area contributed by atoms with Gasteiger partial charge in [-0.05, 0) is 31.5 Å². The van der Waals surface area contributed by atoms with Crippen molar-refractivity contribution in [2.24, 2.45) is 5.92 Å². The average molecular weight is 269 g/mol. The van der Waals surface area contributed by atoms with E-state index < -0.39 is 0 Å². The second-order valence-corrected chi connectivity index (χ2v) is 5.36. The van der Waals surface area contributed by atoms with Gasteiger partial charge < -0.3 is 10.2 Å². The van der Waals surface area contributed by atoms with Gasteiger partial charge in [0.25, 0.3) is 0 Å². The SMILES string of the molecule is CCNCc1c(Cl)cccc1N(CC)CC(C)C. The van der Waals surface area contributed by atoms with Crippen molar-refractivity contribution >= 4 is 17.3 Å². The van der Waals surface area contributed by atoms with Crippen LogP contribution >= 0.6 is 11.6 Å². The molecule has 1 rings (SSSR count). The molecule has 0 aromatic heterocycles. The van der Waals surface area contributed by atoms with E-state index in [1.165, 1.54) is 11.3 Å². The zero-order chi connectivity index (χ0) is 13.5. The number of nitrogens with one attached hydrogen (secondary N) is 1. The first-order chi connectivity index (χ1) is 8.60. The zero-order valence-electron chi connectivity index (χ0n) is 12.0. The van der Waals surface area contributed by atoms with Crippen LogP contribution < -0.4 is 10.2 Å². The molecule has 0 unspecified atom stereocenters. The molecule has 0 radical (unpaired) electrons. The molecule has 0 atom stereocenters. The van der Waals surface area contributed by atoms with E-state index in [9.17, 15) is 0 Å². The fourth-order valence-electron chi connectivity index (χ4n) is 2.11. The Bertz CT molecular complexity index is 364. The van der Waals surface area contributed by atoms with Crippen LogP contribution in [0.25, 0.3) is 0 Å². The summed E-state index contributed by atoms with van der Waals surface area (Å²) in [6, 6.07) is 6.18. The van der Waals surface area contributed by atoms with Gasteiger partial charge in [-0.15, -0.1) is 0 Å². The minimum Gasteiger partial charge on any atom is -0.371 e. The highest BCUT2D eigenvalue weighted by atomic mass is 35.5. The van der Waals surface area contributed by atoms with Crippen LogP contribution in [0.3, 0.4) is 0 Å². The van der Waals surface area contributed by atoms with Crippen molar-refractivity contribution in [2.75, 3.05) is 24.5 Å². The monoisotopic (exact) mass is 268 g/mol. The molecule has 0 saturated heterocycles. The molecule has 0 aliphatic carbocycles. The summed E-state index contributed by atoms with van der Waals surface area (Å²) in [4.78, 5) is 2.41. The third kappa shape index (κ3) is 4.18. The van der Waals surface area contributed by atoms with Crippen LogP contribution in [-0.2, 0) is 6.54 Å². The van der Waals surface area contributed by atoms with Crippen LogP contribution in [0.1, 0.15) is 33.3 Å². The minimum absolute atomic E-state index is 0.649. The van der Waals surface area contributed by atoms with Gasteiger partial charge in [-0.2, -0.15) is 0 Å². The number of halogens is 1. The van der Waals surface area contributed by atoms with Crippen molar-refractivity contribution < 1.29 is 0 Å². The number of rotatable bonds is 7. The van der Waals surface area contributed by atoms with Crippen molar-refractivity contribution in [3.63, 3.8) is 0 Å². The minimum atomic E-state index is 0.649. The van der Waals surface area contributed by atoms with Gasteiger partial charge in [0, 0.05) is 35.9 Å². The molecule has 1 aromatic rings. The summed E-state index contributed by atoms with van der Waals surface area (Å²) in [6.07, 6.45) is 0. The predicted molar refractivity (Wildman–Crippen MR) is 81.6 cm³/mol. The third-order valence-electron chi connectivity index (χ3n) is 2.95. The van der Waals surface area contributed by atoms with E-state index in [-0.39, 0.29) is 0 Å². The quantitative estimate of drug-likeness (QED) is 0.806. The maximum absolute atomic E-state index is 6.34. The lowest BCUT2D eigenvalue weighted by Gasteiger charge is -2.28. The zero-order valence-corrected chi connectivity index (χ0v) is 12.7. The highest BCUT2D eigenvalue weighted by Gasteiger charge is 2.13. The lowest BCUT2D eigenvalue weighted by atomic mass is 10.1. The first kappa shape index (κ1) is 15.3. The molecule has 0 heterocycles. The normalized spacial score (nSPS) is 11.0. The van der Waals surface area contributed by atoms with E-state index in [0.717, 1.165) is 31.2 Å². The fraction of sp³-hybridized carbons (Fsp3) is 0.600. The summed E-state index contributed by atoms with van der Waals surface area (Å²) in [5, 5.41) is 4.22. The standard InChI is InChI=1S/C15H25ClN2/c1-5-17-10-13-14(16)8-7-9-15(13)18(6-2)11-12(3)4/h7-9,12,17H,5-6,10-11H2,1-4H3. The number of anilines is 1. The van der Waals surface area contributed by atoms with Crippen molar-refractivity contribution in [1.82, 2.24) is 5.32 Å². The van der Waals surface area contributed by atoms with Crippen molar-refractivity contribution in [1.29, 1.82) is 0 Å². The summed E-state index contributed by atoms with van der Waals surface area (Å²) >= 11 is 6.34. The average Bonchev–Trinajstić information content (AvgIpc) is 2.34. The van der Waals surface area contributed by atoms with Crippen molar-refractivity contribution in [2.45, 2.75) is 34.2 Å². The Labute approximate surface area is 116 Å². The van der Waals surface area contributed by atoms with Crippen LogP contribution in [0.15, 0.2) is 18.2 Å². The number of benzene rings is 1. The van der Waals surface area contributed by atoms with Gasteiger partial charge in [0.15, 0.2) is 0 Å². The van der Waals surface area contributed by atoms with E-state index in [0.29, 0.717) is 5.92 Å². The fourth-order valence-corrected chi connectivity index (χ4v) is 2.34. The largest absolute Gasteiger partial charge is 0.371 e. The molecule has 1 aromatic carbocycles. The Kier molecular flexibility index (Phi) is 6.51. The Balaban J connectivity index is 3.00. The Hall–Kier alpha value is -0.730. The van der Waals surface area contributed by atoms with E-state index in [1.807, 2.05) is 12.1 Å². The highest BCUT2D eigenvalue weighted by molar-refractivity contribution is 6.31. The van der Waals surface area contributed by atoms with E-state index >= 15 is 0 Å². The van der Waals surface area contributed by atoms with Crippen LogP contribution in [-0.4, -0.2) is 19.6 Å². The molecular formula is C15H25ClN2. The lowest BCUT2D eigenvalue weighted by molar-refractivity contribution is 0.615. The van der Waals surface area contributed by atoms with Crippen molar-refractivity contribution in [3.05, 3.63) is 28.8 Å². The molecule has 18 heavy (non-hydrogen) atoms. The molecule has 0 amide bonds. The van der Waals surface area contributed by atoms with Gasteiger partial charge in [0.1, 0.15) is 0 Å². The summed E-state index contributed by atoms with van der Waals surface area (Å²) in [5.41, 5.74) is 2.48. The summed E-state index contributed by atoms with van der Waals surface area (Å²) in [7, 11) is 0. The summed E-state index contributed by atoms with van der Waals surface area (Å²) < 4.78 is 0. The number of nitrogens with zero attached hydrogens (tertiary/aromatic N) is 1. The summed E-state index contributed by atoms with van der Waals surface area (Å²) in [6.45, 7) is 12.7. The highest BCUT2D eigenvalue weighted by Crippen LogP contribution is 2.28. The van der Waals surface area contributed by atoms with Gasteiger partial charge in [-0.3, -0.25) is 0 Å². The Morgan fingerprint density at radius 3 is 2.56 bits per heavy atom. The third-order valence-corrected chi connectivity index (χ3v) is 3.31. The maximum atomic E-state index is 6.34. The van der Waals surface area contributed by atoms with Gasteiger partial charge in [0.2, 0.25) is 0 Å². The smallest absolute Gasteiger partial charge is 0.0471 e. The topological polar surface area (TPSA) is 15.3 Å². The molecule has 0 bridgehead atoms. The van der Waals surface area contributed by atoms with Crippen LogP contribution in [0.4, 0.5) is 5.69 Å². The van der Waals surface area contributed by atoms with E-state index in [1.54, 1.807) is 0 Å². The number of hydrogen-bond donors (Lipinski definition) is 1. The van der Waals surface area contributed by atoms with Crippen LogP contribution in [0.2, 0.25) is 5.02 Å². The van der Waals surface area contributed by atoms with Crippen LogP contribution in [0.5, 0.6) is 0 Å². The number of hydrogen-bond acceptors (Lipinski definition) is 2. The molecule has 0 spiro atoms. The molecule has 2 nitrogen and oxygen atoms in total. The molecule has 1 N–H and O–H groups in total. The molecule has 0 saturated carbocycles. The molecule has 3 heteroatoms.